The first-order chi connectivity index (χ1) is 8.61. The number of carbonyl (C=O) groups excluding carboxylic acids is 1. The lowest BCUT2D eigenvalue weighted by molar-refractivity contribution is 0.0703. The Hall–Kier alpha value is -0.900. The lowest BCUT2D eigenvalue weighted by Crippen LogP contribution is -2.44. The number of aromatic nitrogens is 1. The second-order valence-corrected chi connectivity index (χ2v) is 6.10. The van der Waals surface area contributed by atoms with Gasteiger partial charge in [0.15, 0.2) is 0 Å². The monoisotopic (exact) mass is 310 g/mol. The van der Waals surface area contributed by atoms with Crippen LogP contribution in [0.4, 0.5) is 0 Å². The number of alkyl halides is 1. The van der Waals surface area contributed by atoms with Gasteiger partial charge in [-0.15, -0.1) is 0 Å². The molecule has 1 aliphatic rings. The fourth-order valence-corrected chi connectivity index (χ4v) is 3.50. The summed E-state index contributed by atoms with van der Waals surface area (Å²) in [7, 11) is 1.90. The van der Waals surface area contributed by atoms with E-state index < -0.39 is 0 Å². The van der Waals surface area contributed by atoms with Crippen molar-refractivity contribution >= 4 is 21.8 Å². The predicted molar refractivity (Wildman–Crippen MR) is 76.0 cm³/mol. The van der Waals surface area contributed by atoms with Gasteiger partial charge in [0.25, 0.3) is 5.91 Å². The number of halogens is 1. The minimum Gasteiger partial charge on any atom is -0.338 e. The number of nitrogens with zero attached hydrogens (tertiary/aromatic N) is 2. The zero-order valence-corrected chi connectivity index (χ0v) is 12.5. The van der Waals surface area contributed by atoms with Gasteiger partial charge in [-0.1, -0.05) is 28.8 Å². The summed E-state index contributed by atoms with van der Waals surface area (Å²) in [6.45, 7) is 1.88. The Morgan fingerprint density at radius 1 is 1.44 bits per heavy atom. The van der Waals surface area contributed by atoms with E-state index in [9.17, 15) is 4.79 Å². The maximum absolute atomic E-state index is 12.5. The van der Waals surface area contributed by atoms with Crippen LogP contribution in [0.25, 0.3) is 0 Å². The number of amides is 1. The van der Waals surface area contributed by atoms with Gasteiger partial charge in [-0.3, -0.25) is 9.78 Å². The van der Waals surface area contributed by atoms with Crippen LogP contribution < -0.4 is 0 Å². The Kier molecular flexibility index (Phi) is 4.38. The summed E-state index contributed by atoms with van der Waals surface area (Å²) < 4.78 is 0. The van der Waals surface area contributed by atoms with Crippen LogP contribution >= 0.6 is 15.9 Å². The molecular formula is C14H19BrN2O. The third kappa shape index (κ3) is 2.74. The molecule has 1 aromatic rings. The number of aryl methyl sites for hydroxylation is 1. The van der Waals surface area contributed by atoms with E-state index in [0.717, 1.165) is 18.5 Å². The summed E-state index contributed by atoms with van der Waals surface area (Å²) in [4.78, 5) is 19.0. The minimum absolute atomic E-state index is 0.0805. The highest BCUT2D eigenvalue weighted by Crippen LogP contribution is 2.28. The third-order valence-electron chi connectivity index (χ3n) is 3.70. The van der Waals surface area contributed by atoms with Gasteiger partial charge in [0.05, 0.1) is 5.56 Å². The fraction of sp³-hybridized carbons (Fsp3) is 0.571. The first-order valence-corrected chi connectivity index (χ1v) is 7.35. The van der Waals surface area contributed by atoms with Crippen LogP contribution in [0.5, 0.6) is 0 Å². The number of hydrogen-bond donors (Lipinski definition) is 0. The van der Waals surface area contributed by atoms with E-state index in [0.29, 0.717) is 16.4 Å². The van der Waals surface area contributed by atoms with Gasteiger partial charge in [0, 0.05) is 29.8 Å². The van der Waals surface area contributed by atoms with Gasteiger partial charge in [0.1, 0.15) is 0 Å². The second kappa shape index (κ2) is 5.83. The average Bonchev–Trinajstić information content (AvgIpc) is 2.38. The summed E-state index contributed by atoms with van der Waals surface area (Å²) in [5.74, 6) is 0.0805. The smallest absolute Gasteiger partial charge is 0.255 e. The molecule has 1 saturated carbocycles. The van der Waals surface area contributed by atoms with Crippen molar-refractivity contribution in [2.24, 2.45) is 0 Å². The molecule has 0 aromatic carbocycles. The van der Waals surface area contributed by atoms with E-state index in [1.807, 2.05) is 31.0 Å². The highest BCUT2D eigenvalue weighted by molar-refractivity contribution is 9.09. The predicted octanol–water partition coefficient (Wildman–Crippen LogP) is 3.17. The summed E-state index contributed by atoms with van der Waals surface area (Å²) >= 11 is 3.71. The molecule has 1 heterocycles. The van der Waals surface area contributed by atoms with Crippen molar-refractivity contribution in [3.63, 3.8) is 0 Å². The highest BCUT2D eigenvalue weighted by atomic mass is 79.9. The maximum Gasteiger partial charge on any atom is 0.255 e. The molecule has 0 spiro atoms. The summed E-state index contributed by atoms with van der Waals surface area (Å²) in [6, 6.07) is 3.97. The Labute approximate surface area is 117 Å². The zero-order chi connectivity index (χ0) is 13.1. The summed E-state index contributed by atoms with van der Waals surface area (Å²) in [5.41, 5.74) is 1.52. The Bertz CT molecular complexity index is 436. The highest BCUT2D eigenvalue weighted by Gasteiger charge is 2.29. The molecular weight excluding hydrogens is 292 g/mol. The molecule has 0 bridgehead atoms. The Morgan fingerprint density at radius 2 is 2.17 bits per heavy atom. The van der Waals surface area contributed by atoms with E-state index >= 15 is 0 Å². The molecule has 2 unspecified atom stereocenters. The quantitative estimate of drug-likeness (QED) is 0.786. The zero-order valence-electron chi connectivity index (χ0n) is 10.9. The van der Waals surface area contributed by atoms with Gasteiger partial charge >= 0.3 is 0 Å². The fourth-order valence-electron chi connectivity index (χ4n) is 2.55. The normalized spacial score (nSPS) is 23.7. The standard InChI is InChI=1S/C14H19BrN2O/c1-10-11(6-5-9-16-10)14(18)17(2)13-8-4-3-7-12(13)15/h5-6,9,12-13H,3-4,7-8H2,1-2H3. The van der Waals surface area contributed by atoms with E-state index in [1.165, 1.54) is 12.8 Å². The van der Waals surface area contributed by atoms with Crippen molar-refractivity contribution < 1.29 is 4.79 Å². The molecule has 0 N–H and O–H groups in total. The van der Waals surface area contributed by atoms with Crippen LogP contribution in [0.15, 0.2) is 18.3 Å². The lowest BCUT2D eigenvalue weighted by atomic mass is 9.94. The first kappa shape index (κ1) is 13.5. The third-order valence-corrected chi connectivity index (χ3v) is 4.77. The SMILES string of the molecule is Cc1ncccc1C(=O)N(C)C1CCCCC1Br. The summed E-state index contributed by atoms with van der Waals surface area (Å²) in [5, 5.41) is 0. The van der Waals surface area contributed by atoms with Crippen LogP contribution in [0.3, 0.4) is 0 Å². The van der Waals surface area contributed by atoms with E-state index in [1.54, 1.807) is 6.20 Å². The van der Waals surface area contributed by atoms with Crippen molar-refractivity contribution in [3.8, 4) is 0 Å². The molecule has 3 nitrogen and oxygen atoms in total. The largest absolute Gasteiger partial charge is 0.338 e. The van der Waals surface area contributed by atoms with Gasteiger partial charge in [0.2, 0.25) is 0 Å². The molecule has 0 aliphatic heterocycles. The number of pyridine rings is 1. The minimum atomic E-state index is 0.0805. The number of carbonyl (C=O) groups is 1. The average molecular weight is 311 g/mol. The lowest BCUT2D eigenvalue weighted by Gasteiger charge is -2.35. The molecule has 1 aliphatic carbocycles. The summed E-state index contributed by atoms with van der Waals surface area (Å²) in [6.07, 6.45) is 6.41. The Balaban J connectivity index is 2.16. The molecule has 2 atom stereocenters. The molecule has 0 saturated heterocycles. The topological polar surface area (TPSA) is 33.2 Å². The van der Waals surface area contributed by atoms with Crippen LogP contribution in [0.1, 0.15) is 41.7 Å². The van der Waals surface area contributed by atoms with Crippen molar-refractivity contribution in [2.75, 3.05) is 7.05 Å². The Morgan fingerprint density at radius 3 is 2.83 bits per heavy atom. The van der Waals surface area contributed by atoms with Gasteiger partial charge in [-0.25, -0.2) is 0 Å². The molecule has 1 amide bonds. The maximum atomic E-state index is 12.5. The van der Waals surface area contributed by atoms with Crippen molar-refractivity contribution in [2.45, 2.75) is 43.5 Å². The molecule has 98 valence electrons. The van der Waals surface area contributed by atoms with Crippen molar-refractivity contribution in [1.82, 2.24) is 9.88 Å². The van der Waals surface area contributed by atoms with Crippen LogP contribution in [-0.4, -0.2) is 33.7 Å². The number of rotatable bonds is 2. The van der Waals surface area contributed by atoms with Crippen LogP contribution in [-0.2, 0) is 0 Å². The van der Waals surface area contributed by atoms with Gasteiger partial charge in [-0.05, 0) is 31.9 Å². The van der Waals surface area contributed by atoms with E-state index in [-0.39, 0.29) is 5.91 Å². The molecule has 4 heteroatoms. The molecule has 2 rings (SSSR count). The van der Waals surface area contributed by atoms with Gasteiger partial charge in [-0.2, -0.15) is 0 Å². The molecule has 18 heavy (non-hydrogen) atoms. The van der Waals surface area contributed by atoms with E-state index in [4.69, 9.17) is 0 Å². The van der Waals surface area contributed by atoms with Crippen LogP contribution in [0.2, 0.25) is 0 Å². The number of hydrogen-bond acceptors (Lipinski definition) is 2. The van der Waals surface area contributed by atoms with Crippen molar-refractivity contribution in [3.05, 3.63) is 29.6 Å². The van der Waals surface area contributed by atoms with Gasteiger partial charge < -0.3 is 4.90 Å². The molecule has 0 radical (unpaired) electrons. The van der Waals surface area contributed by atoms with Crippen molar-refractivity contribution in [1.29, 1.82) is 0 Å². The second-order valence-electron chi connectivity index (χ2n) is 4.92. The molecule has 1 fully saturated rings. The van der Waals surface area contributed by atoms with E-state index in [2.05, 4.69) is 20.9 Å². The van der Waals surface area contributed by atoms with Crippen LogP contribution in [0, 0.1) is 6.92 Å². The molecule has 1 aromatic heterocycles. The first-order valence-electron chi connectivity index (χ1n) is 6.44.